The van der Waals surface area contributed by atoms with Crippen LogP contribution in [0.5, 0.6) is 0 Å². The first kappa shape index (κ1) is 20.3. The Kier molecular flexibility index (Phi) is 7.71. The van der Waals surface area contributed by atoms with Gasteiger partial charge in [-0.1, -0.05) is 50.2 Å². The van der Waals surface area contributed by atoms with Crippen LogP contribution in [0.1, 0.15) is 32.8 Å². The van der Waals surface area contributed by atoms with E-state index in [2.05, 4.69) is 44.2 Å². The largest absolute Gasteiger partial charge is 0.388 e. The van der Waals surface area contributed by atoms with E-state index in [9.17, 15) is 5.11 Å². The summed E-state index contributed by atoms with van der Waals surface area (Å²) < 4.78 is 12.0. The van der Waals surface area contributed by atoms with E-state index < -0.39 is 6.10 Å². The average molecular weight is 541 g/mol. The molecule has 3 nitrogen and oxygen atoms in total. The minimum atomic E-state index is -0.576. The van der Waals surface area contributed by atoms with Crippen LogP contribution in [0.25, 0.3) is 10.8 Å². The third kappa shape index (κ3) is 4.40. The Labute approximate surface area is 180 Å². The van der Waals surface area contributed by atoms with Crippen molar-refractivity contribution in [2.75, 3.05) is 0 Å². The van der Waals surface area contributed by atoms with E-state index in [0.29, 0.717) is 6.61 Å². The third-order valence-electron chi connectivity index (χ3n) is 4.97. The van der Waals surface area contributed by atoms with Crippen molar-refractivity contribution in [1.29, 1.82) is 0 Å². The molecule has 24 heavy (non-hydrogen) atoms. The zero-order valence-corrected chi connectivity index (χ0v) is 19.4. The molecule has 0 amide bonds. The molecule has 127 valence electrons. The van der Waals surface area contributed by atoms with E-state index in [1.807, 2.05) is 19.1 Å². The summed E-state index contributed by atoms with van der Waals surface area (Å²) in [5.41, 5.74) is 1.13. The molecule has 2 aromatic rings. The van der Waals surface area contributed by atoms with Crippen molar-refractivity contribution in [3.63, 3.8) is 0 Å². The fourth-order valence-electron chi connectivity index (χ4n) is 3.51. The van der Waals surface area contributed by atoms with Crippen LogP contribution in [0.2, 0.25) is 0 Å². The van der Waals surface area contributed by atoms with E-state index in [1.54, 1.807) is 0 Å². The molecular formula is C20H26AcO3. The van der Waals surface area contributed by atoms with Crippen molar-refractivity contribution < 1.29 is 58.6 Å². The van der Waals surface area contributed by atoms with Crippen LogP contribution in [0.3, 0.4) is 0 Å². The van der Waals surface area contributed by atoms with Crippen LogP contribution in [-0.2, 0) is 16.1 Å². The number of aliphatic hydroxyl groups excluding tert-OH is 1. The maximum atomic E-state index is 10.4. The van der Waals surface area contributed by atoms with Crippen molar-refractivity contribution in [3.8, 4) is 0 Å². The molecule has 0 aliphatic carbocycles. The number of aliphatic hydroxyl groups is 1. The predicted octanol–water partition coefficient (Wildman–Crippen LogP) is 3.92. The van der Waals surface area contributed by atoms with Gasteiger partial charge in [0.25, 0.3) is 0 Å². The molecule has 0 saturated carbocycles. The van der Waals surface area contributed by atoms with Crippen molar-refractivity contribution in [2.45, 2.75) is 58.2 Å². The normalized spacial score (nSPS) is 30.1. The van der Waals surface area contributed by atoms with Crippen molar-refractivity contribution in [2.24, 2.45) is 5.92 Å². The van der Waals surface area contributed by atoms with Gasteiger partial charge in [0.05, 0.1) is 24.9 Å². The Morgan fingerprint density at radius 1 is 1.08 bits per heavy atom. The number of rotatable bonds is 4. The van der Waals surface area contributed by atoms with Crippen LogP contribution in [-0.4, -0.2) is 29.5 Å². The van der Waals surface area contributed by atoms with E-state index in [0.717, 1.165) is 12.0 Å². The zero-order chi connectivity index (χ0) is 16.4. The molecule has 1 N–H and O–H groups in total. The van der Waals surface area contributed by atoms with Gasteiger partial charge in [-0.15, -0.1) is 0 Å². The number of ether oxygens (including phenoxy) is 2. The van der Waals surface area contributed by atoms with Gasteiger partial charge < -0.3 is 14.6 Å². The summed E-state index contributed by atoms with van der Waals surface area (Å²) in [6.45, 7) is 6.66. The molecule has 1 aliphatic rings. The molecule has 4 heteroatoms. The fourth-order valence-corrected chi connectivity index (χ4v) is 3.51. The molecule has 3 rings (SSSR count). The Bertz CT molecular complexity index is 660. The molecule has 0 spiro atoms. The Balaban J connectivity index is 0.00000208. The summed E-state index contributed by atoms with van der Waals surface area (Å²) in [7, 11) is 0. The molecule has 1 heterocycles. The van der Waals surface area contributed by atoms with Gasteiger partial charge in [-0.25, -0.2) is 0 Å². The number of fused-ring (bicyclic) bond motifs is 1. The maximum Gasteiger partial charge on any atom is 0.106 e. The van der Waals surface area contributed by atoms with Crippen LogP contribution >= 0.6 is 0 Å². The standard InChI is InChI=1S/C20H26O3.Ac/c1-4-18-13(2)20(19(21)14(3)23-18)22-12-15-9-10-16-7-5-6-8-17(16)11-15;/h5-11,13-14,18-21H,4,12H2,1-3H3;/t13-,14+,18?,19?,20+;/m1./s1. The van der Waals surface area contributed by atoms with Gasteiger partial charge in [0.1, 0.15) is 6.10 Å². The van der Waals surface area contributed by atoms with Gasteiger partial charge in [-0.05, 0) is 35.7 Å². The van der Waals surface area contributed by atoms with Crippen molar-refractivity contribution in [1.82, 2.24) is 0 Å². The van der Waals surface area contributed by atoms with E-state index in [-0.39, 0.29) is 68.3 Å². The van der Waals surface area contributed by atoms with Crippen molar-refractivity contribution in [3.05, 3.63) is 48.0 Å². The first-order valence-electron chi connectivity index (χ1n) is 8.53. The van der Waals surface area contributed by atoms with Gasteiger partial charge in [-0.2, -0.15) is 0 Å². The quantitative estimate of drug-likeness (QED) is 0.638. The second kappa shape index (κ2) is 9.10. The summed E-state index contributed by atoms with van der Waals surface area (Å²) in [5.74, 6) is 0.187. The first-order chi connectivity index (χ1) is 11.1. The number of hydrogen-bond acceptors (Lipinski definition) is 3. The second-order valence-corrected chi connectivity index (χ2v) is 6.59. The van der Waals surface area contributed by atoms with Crippen LogP contribution in [0.15, 0.2) is 42.5 Å². The van der Waals surface area contributed by atoms with E-state index in [1.165, 1.54) is 10.8 Å². The van der Waals surface area contributed by atoms with Crippen molar-refractivity contribution >= 4 is 10.8 Å². The van der Waals surface area contributed by atoms with Gasteiger partial charge in [0.15, 0.2) is 0 Å². The molecule has 2 unspecified atom stereocenters. The molecule has 1 saturated heterocycles. The molecule has 1 radical (unpaired) electrons. The molecule has 2 aromatic carbocycles. The second-order valence-electron chi connectivity index (χ2n) is 6.59. The Morgan fingerprint density at radius 3 is 2.50 bits per heavy atom. The molecule has 1 fully saturated rings. The number of hydrogen-bond donors (Lipinski definition) is 1. The minimum Gasteiger partial charge on any atom is -0.388 e. The first-order valence-corrected chi connectivity index (χ1v) is 8.53. The molecule has 0 bridgehead atoms. The SMILES string of the molecule is CCC1O[C@@H](C)C(O)[C@@H](OCc2ccc3ccccc3c2)[C@@H]1C.[Ac]. The monoisotopic (exact) mass is 541 g/mol. The topological polar surface area (TPSA) is 38.7 Å². The smallest absolute Gasteiger partial charge is 0.106 e. The van der Waals surface area contributed by atoms with Crippen LogP contribution in [0.4, 0.5) is 0 Å². The Morgan fingerprint density at radius 2 is 1.79 bits per heavy atom. The predicted molar refractivity (Wildman–Crippen MR) is 92.3 cm³/mol. The van der Waals surface area contributed by atoms with Crippen LogP contribution in [0, 0.1) is 50.0 Å². The summed E-state index contributed by atoms with van der Waals surface area (Å²) in [5, 5.41) is 12.9. The van der Waals surface area contributed by atoms with E-state index in [4.69, 9.17) is 9.47 Å². The van der Waals surface area contributed by atoms with Gasteiger partial charge in [0, 0.05) is 50.0 Å². The molecule has 1 aliphatic heterocycles. The summed E-state index contributed by atoms with van der Waals surface area (Å²) in [6.07, 6.45) is 0.143. The summed E-state index contributed by atoms with van der Waals surface area (Å²) in [6, 6.07) is 14.7. The van der Waals surface area contributed by atoms with E-state index >= 15 is 0 Å². The van der Waals surface area contributed by atoms with Gasteiger partial charge in [0.2, 0.25) is 0 Å². The summed E-state index contributed by atoms with van der Waals surface area (Å²) in [4.78, 5) is 0. The van der Waals surface area contributed by atoms with Gasteiger partial charge >= 0.3 is 0 Å². The number of benzene rings is 2. The maximum absolute atomic E-state index is 10.4. The van der Waals surface area contributed by atoms with Gasteiger partial charge in [-0.3, -0.25) is 0 Å². The average Bonchev–Trinajstić information content (AvgIpc) is 2.58. The third-order valence-corrected chi connectivity index (χ3v) is 4.97. The fraction of sp³-hybridized carbons (Fsp3) is 0.500. The molecule has 0 aromatic heterocycles. The zero-order valence-electron chi connectivity index (χ0n) is 14.7. The minimum absolute atomic E-state index is 0. The molecular weight excluding hydrogens is 515 g/mol. The van der Waals surface area contributed by atoms with Crippen LogP contribution < -0.4 is 0 Å². The Hall–Kier alpha value is 0.0216. The molecule has 5 atom stereocenters. The summed E-state index contributed by atoms with van der Waals surface area (Å²) >= 11 is 0.